The molecule has 2 fully saturated rings. The van der Waals surface area contributed by atoms with Gasteiger partial charge in [0.2, 0.25) is 5.91 Å². The first kappa shape index (κ1) is 23.5. The van der Waals surface area contributed by atoms with E-state index in [1.807, 2.05) is 18.2 Å². The first-order valence-electron chi connectivity index (χ1n) is 12.1. The fourth-order valence-electron chi connectivity index (χ4n) is 4.78. The number of piperidine rings is 1. The molecule has 2 aliphatic rings. The summed E-state index contributed by atoms with van der Waals surface area (Å²) in [4.78, 5) is 21.3. The highest BCUT2D eigenvalue weighted by Crippen LogP contribution is 2.36. The van der Waals surface area contributed by atoms with E-state index in [1.165, 1.54) is 6.21 Å². The fraction of sp³-hybridized carbons (Fsp3) is 0.346. The SMILES string of the molecule is C[C@@H]1COCCN1c1cc(-c2ccc(N3CCCCC3=O)cc2C#N)c(C=N)c(Nc2ccn[nH]2)n1. The number of ether oxygens (including phenoxy) is 1. The van der Waals surface area contributed by atoms with Gasteiger partial charge < -0.3 is 25.3 Å². The van der Waals surface area contributed by atoms with Crippen LogP contribution in [-0.2, 0) is 9.53 Å². The van der Waals surface area contributed by atoms with Gasteiger partial charge in [0.05, 0.1) is 37.1 Å². The molecule has 1 atom stereocenters. The number of nitrogens with zero attached hydrogens (tertiary/aromatic N) is 5. The summed E-state index contributed by atoms with van der Waals surface area (Å²) in [6, 6.07) is 11.7. The van der Waals surface area contributed by atoms with E-state index >= 15 is 0 Å². The predicted molar refractivity (Wildman–Crippen MR) is 138 cm³/mol. The van der Waals surface area contributed by atoms with E-state index in [2.05, 4.69) is 33.4 Å². The Hall–Kier alpha value is -4.23. The number of aromatic amines is 1. The van der Waals surface area contributed by atoms with Crippen LogP contribution in [0.4, 0.5) is 23.1 Å². The first-order chi connectivity index (χ1) is 17.6. The number of carbonyl (C=O) groups is 1. The minimum absolute atomic E-state index is 0.0802. The lowest BCUT2D eigenvalue weighted by atomic mass is 9.95. The van der Waals surface area contributed by atoms with E-state index in [0.717, 1.165) is 24.3 Å². The molecule has 1 amide bonds. The van der Waals surface area contributed by atoms with Crippen LogP contribution in [0.2, 0.25) is 0 Å². The third-order valence-corrected chi connectivity index (χ3v) is 6.65. The number of amides is 1. The molecule has 184 valence electrons. The third-order valence-electron chi connectivity index (χ3n) is 6.65. The normalized spacial score (nSPS) is 18.1. The van der Waals surface area contributed by atoms with Crippen molar-refractivity contribution in [3.05, 3.63) is 47.7 Å². The van der Waals surface area contributed by atoms with Gasteiger partial charge in [0, 0.05) is 48.6 Å². The number of pyridine rings is 1. The zero-order valence-electron chi connectivity index (χ0n) is 20.1. The van der Waals surface area contributed by atoms with Gasteiger partial charge in [0.15, 0.2) is 0 Å². The molecule has 0 aliphatic carbocycles. The highest BCUT2D eigenvalue weighted by molar-refractivity contribution is 5.98. The number of benzene rings is 1. The second kappa shape index (κ2) is 10.2. The topological polar surface area (TPSA) is 134 Å². The summed E-state index contributed by atoms with van der Waals surface area (Å²) in [5.41, 5.74) is 3.11. The number of rotatable bonds is 6. The maximum absolute atomic E-state index is 12.5. The number of H-pyrrole nitrogens is 1. The molecular formula is C26H28N8O2. The molecule has 0 saturated carbocycles. The molecule has 2 aliphatic heterocycles. The lowest BCUT2D eigenvalue weighted by molar-refractivity contribution is -0.119. The summed E-state index contributed by atoms with van der Waals surface area (Å²) >= 11 is 0. The maximum Gasteiger partial charge on any atom is 0.226 e. The van der Waals surface area contributed by atoms with Crippen LogP contribution in [0, 0.1) is 16.7 Å². The molecule has 2 aromatic heterocycles. The lowest BCUT2D eigenvalue weighted by Crippen LogP contribution is -2.44. The molecular weight excluding hydrogens is 456 g/mol. The van der Waals surface area contributed by atoms with E-state index in [0.29, 0.717) is 66.6 Å². The van der Waals surface area contributed by atoms with E-state index in [-0.39, 0.29) is 11.9 Å². The first-order valence-corrected chi connectivity index (χ1v) is 12.1. The molecule has 0 spiro atoms. The highest BCUT2D eigenvalue weighted by Gasteiger charge is 2.25. The van der Waals surface area contributed by atoms with E-state index < -0.39 is 0 Å². The van der Waals surface area contributed by atoms with Gasteiger partial charge in [0.1, 0.15) is 17.5 Å². The Labute approximate surface area is 209 Å². The monoisotopic (exact) mass is 484 g/mol. The van der Waals surface area contributed by atoms with Crippen LogP contribution in [0.3, 0.4) is 0 Å². The molecule has 0 bridgehead atoms. The van der Waals surface area contributed by atoms with Crippen LogP contribution in [0.25, 0.3) is 11.1 Å². The molecule has 5 rings (SSSR count). The van der Waals surface area contributed by atoms with Crippen LogP contribution in [0.5, 0.6) is 0 Å². The molecule has 3 aromatic rings. The average molecular weight is 485 g/mol. The molecule has 10 heteroatoms. The molecule has 0 radical (unpaired) electrons. The molecule has 1 aromatic carbocycles. The van der Waals surface area contributed by atoms with E-state index in [9.17, 15) is 10.1 Å². The average Bonchev–Trinajstić information content (AvgIpc) is 3.41. The molecule has 3 N–H and O–H groups in total. The number of carbonyl (C=O) groups excluding carboxylic acids is 1. The minimum Gasteiger partial charge on any atom is -0.377 e. The number of hydrogen-bond donors (Lipinski definition) is 3. The predicted octanol–water partition coefficient (Wildman–Crippen LogP) is 3.83. The van der Waals surface area contributed by atoms with Gasteiger partial charge in [0.25, 0.3) is 0 Å². The second-order valence-electron chi connectivity index (χ2n) is 8.99. The Kier molecular flexibility index (Phi) is 6.64. The summed E-state index contributed by atoms with van der Waals surface area (Å²) in [6.07, 6.45) is 5.25. The van der Waals surface area contributed by atoms with Gasteiger partial charge in [-0.2, -0.15) is 10.4 Å². The Morgan fingerprint density at radius 2 is 2.14 bits per heavy atom. The van der Waals surface area contributed by atoms with Crippen LogP contribution < -0.4 is 15.1 Å². The van der Waals surface area contributed by atoms with Gasteiger partial charge in [-0.15, -0.1) is 0 Å². The van der Waals surface area contributed by atoms with Crippen molar-refractivity contribution in [3.8, 4) is 17.2 Å². The highest BCUT2D eigenvalue weighted by atomic mass is 16.5. The van der Waals surface area contributed by atoms with Crippen molar-refractivity contribution in [1.29, 1.82) is 10.7 Å². The number of nitriles is 1. The Morgan fingerprint density at radius 1 is 1.25 bits per heavy atom. The molecule has 10 nitrogen and oxygen atoms in total. The largest absolute Gasteiger partial charge is 0.377 e. The van der Waals surface area contributed by atoms with Gasteiger partial charge >= 0.3 is 0 Å². The van der Waals surface area contributed by atoms with Crippen molar-refractivity contribution in [3.63, 3.8) is 0 Å². The zero-order valence-corrected chi connectivity index (χ0v) is 20.1. The summed E-state index contributed by atoms with van der Waals surface area (Å²) < 4.78 is 5.61. The van der Waals surface area contributed by atoms with Crippen molar-refractivity contribution >= 4 is 35.3 Å². The number of anilines is 4. The Balaban J connectivity index is 1.64. The lowest BCUT2D eigenvalue weighted by Gasteiger charge is -2.35. The standard InChI is InChI=1S/C26H28N8O2/c1-17-16-36-11-10-33(17)24-13-21(22(15-28)26(31-24)30-23-7-8-29-32-23)20-6-5-19(12-18(20)14-27)34-9-3-2-4-25(34)35/h5-8,12-13,15,17,28H,2-4,9-11,16H2,1H3,(H2,29,30,31,32)/t17-/m1/s1. The molecule has 4 heterocycles. The second-order valence-corrected chi connectivity index (χ2v) is 8.99. The molecule has 0 unspecified atom stereocenters. The van der Waals surface area contributed by atoms with E-state index in [1.54, 1.807) is 23.2 Å². The summed E-state index contributed by atoms with van der Waals surface area (Å²) in [7, 11) is 0. The van der Waals surface area contributed by atoms with Gasteiger partial charge in [-0.3, -0.25) is 9.89 Å². The number of hydrogen-bond acceptors (Lipinski definition) is 8. The van der Waals surface area contributed by atoms with Crippen LogP contribution in [0.15, 0.2) is 36.5 Å². The van der Waals surface area contributed by atoms with Crippen LogP contribution in [0.1, 0.15) is 37.3 Å². The molecule has 36 heavy (non-hydrogen) atoms. The third kappa shape index (κ3) is 4.53. The van der Waals surface area contributed by atoms with Gasteiger partial charge in [-0.25, -0.2) is 4.98 Å². The van der Waals surface area contributed by atoms with Gasteiger partial charge in [-0.05, 0) is 43.5 Å². The Bertz CT molecular complexity index is 1310. The summed E-state index contributed by atoms with van der Waals surface area (Å²) in [5, 5.41) is 28.4. The zero-order chi connectivity index (χ0) is 25.1. The van der Waals surface area contributed by atoms with Crippen molar-refractivity contribution in [2.24, 2.45) is 0 Å². The number of morpholine rings is 1. The van der Waals surface area contributed by atoms with Crippen molar-refractivity contribution in [1.82, 2.24) is 15.2 Å². The van der Waals surface area contributed by atoms with Crippen molar-refractivity contribution in [2.45, 2.75) is 32.2 Å². The van der Waals surface area contributed by atoms with Crippen LogP contribution >= 0.6 is 0 Å². The summed E-state index contributed by atoms with van der Waals surface area (Å²) in [5.74, 6) is 1.94. The maximum atomic E-state index is 12.5. The summed E-state index contributed by atoms with van der Waals surface area (Å²) in [6.45, 7) is 4.61. The fourth-order valence-corrected chi connectivity index (χ4v) is 4.78. The van der Waals surface area contributed by atoms with Gasteiger partial charge in [-0.1, -0.05) is 6.07 Å². The van der Waals surface area contributed by atoms with Crippen molar-refractivity contribution < 1.29 is 9.53 Å². The molecule has 2 saturated heterocycles. The van der Waals surface area contributed by atoms with Crippen LogP contribution in [-0.4, -0.2) is 59.6 Å². The number of aromatic nitrogens is 3. The minimum atomic E-state index is 0.0802. The smallest absolute Gasteiger partial charge is 0.226 e. The van der Waals surface area contributed by atoms with Crippen molar-refractivity contribution in [2.75, 3.05) is 41.4 Å². The van der Waals surface area contributed by atoms with E-state index in [4.69, 9.17) is 15.1 Å². The Morgan fingerprint density at radius 3 is 2.86 bits per heavy atom. The number of nitrogens with one attached hydrogen (secondary N) is 3. The quantitative estimate of drug-likeness (QED) is 0.453.